The third-order valence-corrected chi connectivity index (χ3v) is 16.8. The van der Waals surface area contributed by atoms with Crippen LogP contribution in [0.5, 0.6) is 5.75 Å². The summed E-state index contributed by atoms with van der Waals surface area (Å²) in [5.74, 6) is -22.8. The smallest absolute Gasteiger partial charge is 0.338 e. The molecule has 598 valence electrons. The van der Waals surface area contributed by atoms with Crippen LogP contribution >= 0.6 is 11.8 Å². The second-order valence-corrected chi connectivity index (χ2v) is 26.1. The molecule has 12 amide bonds. The Morgan fingerprint density at radius 1 is 0.430 bits per heavy atom. The average Bonchev–Trinajstić information content (AvgIpc) is 0.858. The fourth-order valence-corrected chi connectivity index (χ4v) is 10.3. The monoisotopic (exact) mass is 1540 g/mol. The lowest BCUT2D eigenvalue weighted by molar-refractivity contribution is -0.459. The molecule has 0 heterocycles. The molecule has 0 saturated heterocycles. The van der Waals surface area contributed by atoms with Crippen LogP contribution in [0, 0.1) is 5.92 Å². The van der Waals surface area contributed by atoms with E-state index in [0.717, 1.165) is 13.8 Å². The second kappa shape index (κ2) is 48.9. The van der Waals surface area contributed by atoms with Crippen molar-refractivity contribution < 1.29 is 139 Å². The Balaban J connectivity index is 3.52. The number of nitrogens with one attached hydrogen (secondary N) is 13. The molecule has 0 bridgehead atoms. The Bertz CT molecular complexity index is 3310. The molecule has 30 N–H and O–H groups in total. The summed E-state index contributed by atoms with van der Waals surface area (Å²) in [4.78, 5) is 238. The molecule has 107 heavy (non-hydrogen) atoms. The molecular formula is C64H104N17O25S+3. The van der Waals surface area contributed by atoms with Gasteiger partial charge in [-0.25, -0.2) is 4.79 Å². The van der Waals surface area contributed by atoms with Gasteiger partial charge in [-0.05, 0) is 108 Å². The van der Waals surface area contributed by atoms with Gasteiger partial charge in [0.1, 0.15) is 78.3 Å². The van der Waals surface area contributed by atoms with Crippen LogP contribution in [0.1, 0.15) is 136 Å². The maximum absolute atomic E-state index is 14.5. The Hall–Kier alpha value is -11.0. The number of rotatable bonds is 53. The Kier molecular flexibility index (Phi) is 43.0. The highest BCUT2D eigenvalue weighted by molar-refractivity contribution is 7.98. The number of nitrogens with two attached hydrogens (primary N) is 2. The lowest BCUT2D eigenvalue weighted by atomic mass is 9.97. The summed E-state index contributed by atoms with van der Waals surface area (Å²) in [7, 11) is 0. The van der Waals surface area contributed by atoms with Crippen molar-refractivity contribution in [2.24, 2.45) is 17.4 Å². The number of unbranched alkanes of at least 4 members (excludes halogenated alkanes) is 1. The molecule has 42 nitrogen and oxygen atoms in total. The SMILES string of the molecule is CC[C@H](C)[C@H](NC(=O)[C@H](CCC(=O)O)NC(=O)[C@H](CC(=O)O)NC(=O)[C@H](C)NC(=O)[C@H](C)NC(=O)[C@H](CCC[NH+]=C(N)N)NC(=O)[C@H](Cc1ccc(O)cc1)NC(=O)[C@H](CCSC)NC(=O)[C@H](CC(=O)O)NC(=O)[C@@H]([NH3+])CCC(=O)O)C(=O)N[C@@H](C)C(=O)N[C@@H](CCCC[NH3+])C(=O)N[C@@H](CCC(=O)O)C(=O)O. The zero-order valence-corrected chi connectivity index (χ0v) is 61.1. The van der Waals surface area contributed by atoms with Crippen molar-refractivity contribution >= 4 is 124 Å². The summed E-state index contributed by atoms with van der Waals surface area (Å²) in [6.45, 7) is 7.03. The molecule has 1 aromatic carbocycles. The van der Waals surface area contributed by atoms with Gasteiger partial charge in [0.2, 0.25) is 65.0 Å². The van der Waals surface area contributed by atoms with Gasteiger partial charge in [0.25, 0.3) is 5.91 Å². The van der Waals surface area contributed by atoms with Gasteiger partial charge < -0.3 is 111 Å². The molecule has 0 radical (unpaired) electrons. The molecule has 0 aliphatic heterocycles. The number of carboxylic acid groups (broad SMARTS) is 6. The molecule has 0 unspecified atom stereocenters. The average molecular weight is 1540 g/mol. The summed E-state index contributed by atoms with van der Waals surface area (Å²) in [6.07, 6.45) is -3.58. The van der Waals surface area contributed by atoms with Gasteiger partial charge in [0.15, 0.2) is 6.04 Å². The molecule has 0 spiro atoms. The van der Waals surface area contributed by atoms with E-state index in [2.05, 4.69) is 80.3 Å². The summed E-state index contributed by atoms with van der Waals surface area (Å²) >= 11 is 1.23. The van der Waals surface area contributed by atoms with E-state index in [4.69, 9.17) is 21.7 Å². The number of aliphatic carboxylic acids is 6. The van der Waals surface area contributed by atoms with E-state index >= 15 is 0 Å². The lowest BCUT2D eigenvalue weighted by Gasteiger charge is -2.29. The van der Waals surface area contributed by atoms with Gasteiger partial charge in [0.05, 0.1) is 32.4 Å². The fraction of sp³-hybridized carbons (Fsp3) is 0.609. The second-order valence-electron chi connectivity index (χ2n) is 25.1. The van der Waals surface area contributed by atoms with Crippen LogP contribution in [0.2, 0.25) is 0 Å². The predicted molar refractivity (Wildman–Crippen MR) is 374 cm³/mol. The number of hydrogen-bond acceptors (Lipinski definition) is 20. The maximum Gasteiger partial charge on any atom is 0.338 e. The van der Waals surface area contributed by atoms with E-state index in [1.807, 2.05) is 0 Å². The van der Waals surface area contributed by atoms with Crippen molar-refractivity contribution in [2.45, 2.75) is 216 Å². The van der Waals surface area contributed by atoms with Crippen LogP contribution in [0.4, 0.5) is 0 Å². The number of carbonyl (C=O) groups excluding carboxylic acids is 12. The molecular weight excluding hydrogens is 1440 g/mol. The highest BCUT2D eigenvalue weighted by Gasteiger charge is 2.38. The normalized spacial score (nSPS) is 14.8. The summed E-state index contributed by atoms with van der Waals surface area (Å²) in [5, 5.41) is 95.1. The number of guanidine groups is 1. The topological polar surface area (TPSA) is 715 Å². The molecule has 0 aromatic heterocycles. The molecule has 1 aromatic rings. The minimum atomic E-state index is -2.07. The summed E-state index contributed by atoms with van der Waals surface area (Å²) in [6, 6.07) is -15.6. The van der Waals surface area contributed by atoms with Crippen LogP contribution in [0.15, 0.2) is 24.3 Å². The van der Waals surface area contributed by atoms with E-state index in [-0.39, 0.29) is 69.0 Å². The molecule has 43 heteroatoms. The summed E-state index contributed by atoms with van der Waals surface area (Å²) in [5.41, 5.74) is 18.7. The number of aromatic hydroxyl groups is 1. The Morgan fingerprint density at radius 3 is 1.25 bits per heavy atom. The third kappa shape index (κ3) is 37.5. The quantitative estimate of drug-likeness (QED) is 0.0164. The summed E-state index contributed by atoms with van der Waals surface area (Å²) < 4.78 is 0. The van der Waals surface area contributed by atoms with Gasteiger partial charge in [-0.15, -0.1) is 0 Å². The van der Waals surface area contributed by atoms with Gasteiger partial charge in [-0.3, -0.25) is 98.0 Å². The maximum atomic E-state index is 14.5. The number of carboxylic acids is 6. The van der Waals surface area contributed by atoms with E-state index in [9.17, 15) is 112 Å². The van der Waals surface area contributed by atoms with E-state index in [1.165, 1.54) is 49.9 Å². The highest BCUT2D eigenvalue weighted by atomic mass is 32.2. The first-order chi connectivity index (χ1) is 50.1. The minimum Gasteiger partial charge on any atom is -0.508 e. The van der Waals surface area contributed by atoms with Crippen molar-refractivity contribution in [3.8, 4) is 5.75 Å². The fourth-order valence-electron chi connectivity index (χ4n) is 9.79. The zero-order chi connectivity index (χ0) is 81.4. The predicted octanol–water partition coefficient (Wildman–Crippen LogP) is -9.60. The van der Waals surface area contributed by atoms with E-state index in [1.54, 1.807) is 13.2 Å². The van der Waals surface area contributed by atoms with Crippen LogP contribution < -0.4 is 91.7 Å². The van der Waals surface area contributed by atoms with Gasteiger partial charge in [0, 0.05) is 25.7 Å². The first-order valence-corrected chi connectivity index (χ1v) is 35.5. The van der Waals surface area contributed by atoms with E-state index < -0.39 is 236 Å². The van der Waals surface area contributed by atoms with Gasteiger partial charge in [-0.2, -0.15) is 11.8 Å². The Morgan fingerprint density at radius 2 is 0.794 bits per heavy atom. The number of carbonyl (C=O) groups is 18. The van der Waals surface area contributed by atoms with Crippen LogP contribution in [0.25, 0.3) is 0 Å². The van der Waals surface area contributed by atoms with E-state index in [0.29, 0.717) is 24.9 Å². The Labute approximate surface area is 618 Å². The van der Waals surface area contributed by atoms with Crippen LogP contribution in [-0.4, -0.2) is 252 Å². The first kappa shape index (κ1) is 94.0. The van der Waals surface area contributed by atoms with Crippen molar-refractivity contribution in [3.05, 3.63) is 29.8 Å². The molecule has 0 aliphatic rings. The number of amides is 12. The van der Waals surface area contributed by atoms with Crippen molar-refractivity contribution in [3.63, 3.8) is 0 Å². The molecule has 0 fully saturated rings. The lowest BCUT2D eigenvalue weighted by Crippen LogP contribution is -2.78. The third-order valence-electron chi connectivity index (χ3n) is 16.2. The van der Waals surface area contributed by atoms with Gasteiger partial charge in [-0.1, -0.05) is 32.4 Å². The highest BCUT2D eigenvalue weighted by Crippen LogP contribution is 2.15. The number of thioether (sulfide) groups is 1. The number of benzene rings is 1. The van der Waals surface area contributed by atoms with Crippen LogP contribution in [-0.2, 0) is 92.7 Å². The van der Waals surface area contributed by atoms with Gasteiger partial charge >= 0.3 is 41.8 Å². The number of phenols is 1. The largest absolute Gasteiger partial charge is 0.508 e. The molecule has 14 atom stereocenters. The first-order valence-electron chi connectivity index (χ1n) is 34.1. The molecule has 0 saturated carbocycles. The number of phenolic OH excluding ortho intramolecular Hbond substituents is 1. The van der Waals surface area contributed by atoms with Crippen molar-refractivity contribution in [1.82, 2.24) is 63.8 Å². The number of quaternary nitrogens is 2. The minimum absolute atomic E-state index is 0.0165. The number of hydrogen-bond donors (Lipinski definition) is 24. The standard InChI is InChI=1S/C64H101N17O25S/c1-7-30(2)50(62(104)72-33(5)52(94)73-37(11-8-9-24-65)56(98)77-41(63(105)106)19-22-47(87)88)81-58(100)39(18-21-46(85)86)75-60(102)43(28-48(89)90)78-53(95)32(4)70-51(93)31(3)71-55(97)38(12-10-25-69-64(67)68)74-59(101)42(27-34-13-15-35(82)16-14-34)80-57(99)40(23-26-107-6)76-61(103)44(29-49(91)92)79-54(96)36(66)17-20-45(83)84/h13-16,30-33,36-44,50,82H,7-12,17-29,65-66H2,1-6H3,(H,70,93)(H,71,97)(H,72,104)(H,73,94)(H,74,101)(H,75,102)(H,76,103)(H,77,98)(H,78,95)(H,79,96)(H,80,99)(H,81,100)(H,83,84)(H,85,86)(H,87,88)(H,89,90)(H,91,92)(H,105,106)(H4,67,68,69)/p+3/t30-,31-,32-,33-,36-,37-,38-,39-,40-,41-,42-,43-,44-,50-/m0/s1. The molecule has 1 rings (SSSR count). The van der Waals surface area contributed by atoms with Crippen molar-refractivity contribution in [2.75, 3.05) is 25.1 Å². The molecule has 0 aliphatic carbocycles. The van der Waals surface area contributed by atoms with Crippen molar-refractivity contribution in [1.29, 1.82) is 0 Å². The van der Waals surface area contributed by atoms with Crippen LogP contribution in [0.3, 0.4) is 0 Å². The zero-order valence-electron chi connectivity index (χ0n) is 60.3.